The highest BCUT2D eigenvalue weighted by Crippen LogP contribution is 2.36. The fraction of sp³-hybridized carbons (Fsp3) is 0.231. The minimum absolute atomic E-state index is 0.00696. The van der Waals surface area contributed by atoms with Gasteiger partial charge in [-0.1, -0.05) is 41.6 Å². The molecule has 5 rings (SSSR count). The molecule has 39 heavy (non-hydrogen) atoms. The van der Waals surface area contributed by atoms with Crippen molar-refractivity contribution < 1.29 is 22.9 Å². The van der Waals surface area contributed by atoms with Gasteiger partial charge in [-0.2, -0.15) is 4.31 Å². The van der Waals surface area contributed by atoms with Gasteiger partial charge in [-0.05, 0) is 42.8 Å². The Morgan fingerprint density at radius 2 is 1.85 bits per heavy atom. The van der Waals surface area contributed by atoms with Gasteiger partial charge in [-0.15, -0.1) is 0 Å². The number of nitro benzene ring substituents is 1. The van der Waals surface area contributed by atoms with Crippen LogP contribution in [0.15, 0.2) is 76.8 Å². The van der Waals surface area contributed by atoms with Crippen LogP contribution in [-0.2, 0) is 14.8 Å². The van der Waals surface area contributed by atoms with Crippen LogP contribution < -0.4 is 4.74 Å². The molecule has 0 saturated carbocycles. The minimum Gasteiger partial charge on any atom is -0.497 e. The Labute approximate surface area is 229 Å². The first-order valence-corrected chi connectivity index (χ1v) is 14.4. The summed E-state index contributed by atoms with van der Waals surface area (Å²) >= 11 is 1.15. The van der Waals surface area contributed by atoms with Crippen molar-refractivity contribution in [1.82, 2.24) is 19.2 Å². The number of nitrogens with one attached hydrogen (secondary N) is 1. The van der Waals surface area contributed by atoms with Gasteiger partial charge in [-0.3, -0.25) is 14.9 Å². The minimum atomic E-state index is -3.90. The summed E-state index contributed by atoms with van der Waals surface area (Å²) in [6.45, 7) is 2.23. The van der Waals surface area contributed by atoms with E-state index in [2.05, 4.69) is 9.97 Å². The number of imidazole rings is 1. The van der Waals surface area contributed by atoms with E-state index < -0.39 is 21.1 Å². The largest absolute Gasteiger partial charge is 0.497 e. The molecule has 202 valence electrons. The number of aromatic nitrogens is 2. The monoisotopic (exact) mass is 567 g/mol. The van der Waals surface area contributed by atoms with Crippen molar-refractivity contribution in [3.63, 3.8) is 0 Å². The number of aromatic amines is 1. The third kappa shape index (κ3) is 5.33. The maximum Gasteiger partial charge on any atom is 0.271 e. The summed E-state index contributed by atoms with van der Waals surface area (Å²) in [7, 11) is -2.36. The van der Waals surface area contributed by atoms with E-state index in [4.69, 9.17) is 4.74 Å². The highest BCUT2D eigenvalue weighted by Gasteiger charge is 2.43. The first-order valence-electron chi connectivity index (χ1n) is 12.0. The molecule has 13 heteroatoms. The van der Waals surface area contributed by atoms with E-state index in [0.717, 1.165) is 17.3 Å². The highest BCUT2D eigenvalue weighted by atomic mass is 32.2. The third-order valence-electron chi connectivity index (χ3n) is 6.48. The van der Waals surface area contributed by atoms with Crippen molar-refractivity contribution in [3.05, 3.63) is 88.0 Å². The van der Waals surface area contributed by atoms with E-state index in [-0.39, 0.29) is 35.3 Å². The van der Waals surface area contributed by atoms with Crippen LogP contribution in [0.4, 0.5) is 5.69 Å². The molecule has 4 aromatic rings. The molecule has 1 atom stereocenters. The van der Waals surface area contributed by atoms with Crippen LogP contribution >= 0.6 is 11.8 Å². The number of aryl methyl sites for hydroxylation is 1. The molecule has 2 heterocycles. The first-order chi connectivity index (χ1) is 18.7. The summed E-state index contributed by atoms with van der Waals surface area (Å²) in [4.78, 5) is 33.2. The Kier molecular flexibility index (Phi) is 7.30. The lowest BCUT2D eigenvalue weighted by Gasteiger charge is -2.30. The second-order valence-corrected chi connectivity index (χ2v) is 11.8. The van der Waals surface area contributed by atoms with Gasteiger partial charge in [0.25, 0.3) is 5.69 Å². The number of carbonyl (C=O) groups is 1. The molecule has 3 aromatic carbocycles. The maximum absolute atomic E-state index is 13.7. The number of non-ortho nitro benzene ring substituents is 1. The molecule has 11 nitrogen and oxygen atoms in total. The molecular formula is C26H25N5O6S2. The number of thioether (sulfide) groups is 1. The van der Waals surface area contributed by atoms with E-state index in [9.17, 15) is 23.3 Å². The SMILES string of the molecule is COc1ccc([C@H]2N(C(=O)CSc3nc4ccc([N+](=O)[O-])cc4[nH]3)CCN2S(=O)(=O)c2ccc(C)cc2)cc1. The maximum atomic E-state index is 13.7. The predicted octanol–water partition coefficient (Wildman–Crippen LogP) is 4.11. The van der Waals surface area contributed by atoms with E-state index in [0.29, 0.717) is 27.5 Å². The zero-order valence-electron chi connectivity index (χ0n) is 21.1. The fourth-order valence-electron chi connectivity index (χ4n) is 4.46. The van der Waals surface area contributed by atoms with Gasteiger partial charge in [0.2, 0.25) is 15.9 Å². The average Bonchev–Trinajstić information content (AvgIpc) is 3.56. The lowest BCUT2D eigenvalue weighted by atomic mass is 10.1. The van der Waals surface area contributed by atoms with Crippen molar-refractivity contribution in [2.24, 2.45) is 0 Å². The van der Waals surface area contributed by atoms with Crippen molar-refractivity contribution >= 4 is 44.4 Å². The Bertz CT molecular complexity index is 1640. The molecule has 0 spiro atoms. The van der Waals surface area contributed by atoms with Crippen LogP contribution in [0.2, 0.25) is 0 Å². The molecule has 1 aliphatic rings. The lowest BCUT2D eigenvalue weighted by Crippen LogP contribution is -2.38. The van der Waals surface area contributed by atoms with Gasteiger partial charge in [0.1, 0.15) is 11.9 Å². The molecule has 1 aromatic heterocycles. The van der Waals surface area contributed by atoms with Crippen LogP contribution in [0.1, 0.15) is 17.3 Å². The van der Waals surface area contributed by atoms with Gasteiger partial charge in [0.15, 0.2) is 5.16 Å². The number of nitrogens with zero attached hydrogens (tertiary/aromatic N) is 4. The van der Waals surface area contributed by atoms with Crippen molar-refractivity contribution in [3.8, 4) is 5.75 Å². The van der Waals surface area contributed by atoms with Gasteiger partial charge < -0.3 is 14.6 Å². The molecular weight excluding hydrogens is 542 g/mol. The molecule has 0 radical (unpaired) electrons. The zero-order valence-corrected chi connectivity index (χ0v) is 22.7. The summed E-state index contributed by atoms with van der Waals surface area (Å²) in [5.74, 6) is 0.338. The Balaban J connectivity index is 1.40. The number of nitro groups is 1. The normalized spacial score (nSPS) is 16.1. The second kappa shape index (κ2) is 10.7. The number of methoxy groups -OCH3 is 1. The number of ether oxygens (including phenoxy) is 1. The number of sulfonamides is 1. The van der Waals surface area contributed by atoms with Crippen LogP contribution in [0.3, 0.4) is 0 Å². The molecule has 1 saturated heterocycles. The Hall–Kier alpha value is -3.94. The van der Waals surface area contributed by atoms with E-state index in [1.54, 1.807) is 66.6 Å². The average molecular weight is 568 g/mol. The van der Waals surface area contributed by atoms with E-state index in [1.807, 2.05) is 6.92 Å². The summed E-state index contributed by atoms with van der Waals surface area (Å²) in [6, 6.07) is 17.9. The molecule has 0 aliphatic carbocycles. The van der Waals surface area contributed by atoms with Gasteiger partial charge in [0, 0.05) is 25.2 Å². The summed E-state index contributed by atoms with van der Waals surface area (Å²) < 4.78 is 33.9. The Morgan fingerprint density at radius 3 is 2.51 bits per heavy atom. The van der Waals surface area contributed by atoms with Crippen molar-refractivity contribution in [2.45, 2.75) is 23.1 Å². The van der Waals surface area contributed by atoms with Crippen LogP contribution in [0, 0.1) is 17.0 Å². The number of H-pyrrole nitrogens is 1. The Morgan fingerprint density at radius 1 is 1.13 bits per heavy atom. The quantitative estimate of drug-likeness (QED) is 0.191. The van der Waals surface area contributed by atoms with Gasteiger partial charge >= 0.3 is 0 Å². The van der Waals surface area contributed by atoms with Crippen LogP contribution in [0.5, 0.6) is 5.75 Å². The number of carbonyl (C=O) groups excluding carboxylic acids is 1. The highest BCUT2D eigenvalue weighted by molar-refractivity contribution is 7.99. The predicted molar refractivity (Wildman–Crippen MR) is 146 cm³/mol. The van der Waals surface area contributed by atoms with Crippen LogP contribution in [0.25, 0.3) is 11.0 Å². The number of rotatable bonds is 8. The molecule has 1 fully saturated rings. The molecule has 0 bridgehead atoms. The second-order valence-electron chi connectivity index (χ2n) is 8.95. The molecule has 1 aliphatic heterocycles. The van der Waals surface area contributed by atoms with E-state index in [1.165, 1.54) is 16.4 Å². The topological polar surface area (TPSA) is 139 Å². The third-order valence-corrected chi connectivity index (χ3v) is 9.20. The van der Waals surface area contributed by atoms with Gasteiger partial charge in [-0.25, -0.2) is 13.4 Å². The molecule has 1 N–H and O–H groups in total. The number of hydrogen-bond donors (Lipinski definition) is 1. The summed E-state index contributed by atoms with van der Waals surface area (Å²) in [5, 5.41) is 11.5. The number of amides is 1. The fourth-order valence-corrected chi connectivity index (χ4v) is 6.80. The number of hydrogen-bond acceptors (Lipinski definition) is 8. The lowest BCUT2D eigenvalue weighted by molar-refractivity contribution is -0.384. The summed E-state index contributed by atoms with van der Waals surface area (Å²) in [5.41, 5.74) is 2.55. The van der Waals surface area contributed by atoms with Crippen LogP contribution in [-0.4, -0.2) is 64.4 Å². The molecule has 1 amide bonds. The van der Waals surface area contributed by atoms with E-state index >= 15 is 0 Å². The standard InChI is InChI=1S/C26H25N5O6S2/c1-17-3-10-21(11-4-17)39(35,36)30-14-13-29(25(30)18-5-8-20(37-2)9-6-18)24(32)16-38-26-27-22-12-7-19(31(33)34)15-23(22)28-26/h3-12,15,25H,13-14,16H2,1-2H3,(H,27,28)/t25-/m0/s1. The number of fused-ring (bicyclic) bond motifs is 1. The first kappa shape index (κ1) is 26.7. The smallest absolute Gasteiger partial charge is 0.271 e. The zero-order chi connectivity index (χ0) is 27.7. The van der Waals surface area contributed by atoms with Crippen molar-refractivity contribution in [1.29, 1.82) is 0 Å². The number of benzene rings is 3. The van der Waals surface area contributed by atoms with Gasteiger partial charge in [0.05, 0.1) is 33.7 Å². The molecule has 0 unspecified atom stereocenters. The van der Waals surface area contributed by atoms with Crippen molar-refractivity contribution in [2.75, 3.05) is 26.0 Å². The summed E-state index contributed by atoms with van der Waals surface area (Å²) in [6.07, 6.45) is -0.839.